The first-order valence-electron chi connectivity index (χ1n) is 8.49. The minimum absolute atomic E-state index is 0.703. The summed E-state index contributed by atoms with van der Waals surface area (Å²) in [6.45, 7) is 7.21. The molecule has 0 N–H and O–H groups in total. The number of nitrogens with zero attached hydrogens (tertiary/aromatic N) is 3. The zero-order chi connectivity index (χ0) is 15.8. The van der Waals surface area contributed by atoms with Crippen LogP contribution in [0.4, 0.5) is 0 Å². The molecule has 1 fully saturated rings. The van der Waals surface area contributed by atoms with E-state index in [0.717, 1.165) is 41.1 Å². The number of fused-ring (bicyclic) bond motifs is 3. The number of hydrogen-bond acceptors (Lipinski definition) is 3. The van der Waals surface area contributed by atoms with E-state index in [1.165, 1.54) is 37.3 Å². The van der Waals surface area contributed by atoms with Gasteiger partial charge < -0.3 is 9.30 Å². The molecule has 1 aromatic heterocycles. The van der Waals surface area contributed by atoms with Crippen LogP contribution < -0.4 is 4.74 Å². The molecule has 0 saturated carbocycles. The van der Waals surface area contributed by atoms with Gasteiger partial charge >= 0.3 is 0 Å². The summed E-state index contributed by atoms with van der Waals surface area (Å²) in [6, 6.07) is 6.19. The summed E-state index contributed by atoms with van der Waals surface area (Å²) >= 11 is 3.58. The molecule has 0 radical (unpaired) electrons. The fourth-order valence-corrected chi connectivity index (χ4v) is 4.01. The van der Waals surface area contributed by atoms with Crippen LogP contribution in [0.2, 0.25) is 0 Å². The van der Waals surface area contributed by atoms with Crippen LogP contribution in [0.1, 0.15) is 31.2 Å². The summed E-state index contributed by atoms with van der Waals surface area (Å²) in [7, 11) is 0. The predicted octanol–water partition coefficient (Wildman–Crippen LogP) is 3.86. The maximum atomic E-state index is 5.95. The average molecular weight is 376 g/mol. The van der Waals surface area contributed by atoms with Crippen LogP contribution in [0.5, 0.6) is 5.75 Å². The highest BCUT2D eigenvalue weighted by molar-refractivity contribution is 9.10. The van der Waals surface area contributed by atoms with Crippen LogP contribution in [0, 0.1) is 0 Å². The molecule has 4 rings (SSSR count). The molecule has 0 aliphatic carbocycles. The number of benzene rings is 1. The smallest absolute Gasteiger partial charge is 0.144 e. The van der Waals surface area contributed by atoms with Gasteiger partial charge in [0, 0.05) is 11.0 Å². The van der Waals surface area contributed by atoms with Gasteiger partial charge in [0.1, 0.15) is 18.2 Å². The lowest BCUT2D eigenvalue weighted by molar-refractivity contribution is 0.292. The molecule has 5 heteroatoms. The van der Waals surface area contributed by atoms with Crippen LogP contribution in [-0.4, -0.2) is 34.1 Å². The maximum Gasteiger partial charge on any atom is 0.144 e. The predicted molar refractivity (Wildman–Crippen MR) is 94.7 cm³/mol. The normalized spacial score (nSPS) is 17.5. The van der Waals surface area contributed by atoms with Crippen LogP contribution in [0.3, 0.4) is 0 Å². The summed E-state index contributed by atoms with van der Waals surface area (Å²) in [5.74, 6) is 2.00. The first-order chi connectivity index (χ1) is 11.3. The third kappa shape index (κ3) is 2.81. The molecule has 4 nitrogen and oxygen atoms in total. The Morgan fingerprint density at radius 2 is 2.04 bits per heavy atom. The van der Waals surface area contributed by atoms with Crippen molar-refractivity contribution in [3.63, 3.8) is 0 Å². The summed E-state index contributed by atoms with van der Waals surface area (Å²) in [4.78, 5) is 7.54. The van der Waals surface area contributed by atoms with Gasteiger partial charge in [-0.05, 0) is 50.6 Å². The molecule has 3 heterocycles. The highest BCUT2D eigenvalue weighted by Crippen LogP contribution is 2.36. The van der Waals surface area contributed by atoms with Crippen molar-refractivity contribution in [2.45, 2.75) is 39.3 Å². The highest BCUT2D eigenvalue weighted by Gasteiger charge is 2.24. The van der Waals surface area contributed by atoms with E-state index in [2.05, 4.69) is 38.4 Å². The Balaban J connectivity index is 1.80. The van der Waals surface area contributed by atoms with Crippen LogP contribution in [0.15, 0.2) is 22.7 Å². The van der Waals surface area contributed by atoms with Gasteiger partial charge in [-0.15, -0.1) is 0 Å². The highest BCUT2D eigenvalue weighted by atomic mass is 79.9. The van der Waals surface area contributed by atoms with Crippen molar-refractivity contribution in [2.75, 3.05) is 19.7 Å². The van der Waals surface area contributed by atoms with E-state index in [1.54, 1.807) is 0 Å². The van der Waals surface area contributed by atoms with Crippen molar-refractivity contribution >= 4 is 15.9 Å². The van der Waals surface area contributed by atoms with Gasteiger partial charge in [0.25, 0.3) is 0 Å². The van der Waals surface area contributed by atoms with E-state index in [4.69, 9.17) is 9.72 Å². The average Bonchev–Trinajstić information content (AvgIpc) is 3.14. The second-order valence-corrected chi connectivity index (χ2v) is 7.22. The van der Waals surface area contributed by atoms with E-state index in [1.807, 2.05) is 12.1 Å². The van der Waals surface area contributed by atoms with E-state index >= 15 is 0 Å². The van der Waals surface area contributed by atoms with Crippen molar-refractivity contribution < 1.29 is 4.74 Å². The molecular weight excluding hydrogens is 354 g/mol. The molecule has 1 saturated heterocycles. The van der Waals surface area contributed by atoms with Gasteiger partial charge in [-0.1, -0.05) is 22.9 Å². The second kappa shape index (κ2) is 6.29. The molecular formula is C18H22BrN3O. The van der Waals surface area contributed by atoms with Gasteiger partial charge in [0.15, 0.2) is 0 Å². The van der Waals surface area contributed by atoms with Gasteiger partial charge in [-0.2, -0.15) is 0 Å². The molecule has 0 spiro atoms. The lowest BCUT2D eigenvalue weighted by Gasteiger charge is -2.17. The van der Waals surface area contributed by atoms with Gasteiger partial charge in [-0.25, -0.2) is 4.98 Å². The summed E-state index contributed by atoms with van der Waals surface area (Å²) < 4.78 is 9.40. The van der Waals surface area contributed by atoms with Crippen molar-refractivity contribution in [1.29, 1.82) is 0 Å². The quantitative estimate of drug-likeness (QED) is 0.815. The third-order valence-electron chi connectivity index (χ3n) is 4.82. The molecule has 0 bridgehead atoms. The standard InChI is InChI=1S/C18H22BrN3O/c1-2-15-16(12-21-7-3-4-8-21)22-9-10-23-17-6-5-13(19)11-14(17)18(22)20-15/h5-6,11H,2-4,7-10,12H2,1H3. The van der Waals surface area contributed by atoms with Gasteiger partial charge in [-0.3, -0.25) is 4.90 Å². The van der Waals surface area contributed by atoms with E-state index in [9.17, 15) is 0 Å². The molecule has 0 amide bonds. The van der Waals surface area contributed by atoms with Crippen LogP contribution in [0.25, 0.3) is 11.4 Å². The zero-order valence-electron chi connectivity index (χ0n) is 13.5. The molecule has 23 heavy (non-hydrogen) atoms. The first-order valence-corrected chi connectivity index (χ1v) is 9.29. The molecule has 0 atom stereocenters. The molecule has 1 aromatic carbocycles. The number of likely N-dealkylation sites (tertiary alicyclic amines) is 1. The third-order valence-corrected chi connectivity index (χ3v) is 5.31. The van der Waals surface area contributed by atoms with Crippen molar-refractivity contribution in [3.05, 3.63) is 34.1 Å². The first kappa shape index (κ1) is 15.2. The van der Waals surface area contributed by atoms with Crippen molar-refractivity contribution in [3.8, 4) is 17.1 Å². The van der Waals surface area contributed by atoms with Gasteiger partial charge in [0.05, 0.1) is 23.5 Å². The lowest BCUT2D eigenvalue weighted by Crippen LogP contribution is -2.22. The topological polar surface area (TPSA) is 30.3 Å². The summed E-state index contributed by atoms with van der Waals surface area (Å²) in [5, 5.41) is 0. The number of hydrogen-bond donors (Lipinski definition) is 0. The molecule has 122 valence electrons. The minimum atomic E-state index is 0.703. The number of aromatic nitrogens is 2. The van der Waals surface area contributed by atoms with E-state index < -0.39 is 0 Å². The van der Waals surface area contributed by atoms with Crippen molar-refractivity contribution in [2.24, 2.45) is 0 Å². The largest absolute Gasteiger partial charge is 0.491 e. The molecule has 0 unspecified atom stereocenters. The number of imidazole rings is 1. The fraction of sp³-hybridized carbons (Fsp3) is 0.500. The second-order valence-electron chi connectivity index (χ2n) is 6.31. The number of aryl methyl sites for hydroxylation is 1. The molecule has 2 aliphatic rings. The fourth-order valence-electron chi connectivity index (χ4n) is 3.64. The van der Waals surface area contributed by atoms with E-state index in [-0.39, 0.29) is 0 Å². The summed E-state index contributed by atoms with van der Waals surface area (Å²) in [5.41, 5.74) is 3.71. The molecule has 2 aromatic rings. The maximum absolute atomic E-state index is 5.95. The Labute approximate surface area is 145 Å². The Morgan fingerprint density at radius 1 is 1.22 bits per heavy atom. The summed E-state index contributed by atoms with van der Waals surface area (Å²) in [6.07, 6.45) is 3.62. The van der Waals surface area contributed by atoms with E-state index in [0.29, 0.717) is 6.61 Å². The Kier molecular flexibility index (Phi) is 4.16. The molecule has 2 aliphatic heterocycles. The van der Waals surface area contributed by atoms with Crippen molar-refractivity contribution in [1.82, 2.24) is 14.5 Å². The number of halogens is 1. The zero-order valence-corrected chi connectivity index (χ0v) is 15.1. The van der Waals surface area contributed by atoms with Gasteiger partial charge in [0.2, 0.25) is 0 Å². The van der Waals surface area contributed by atoms with Crippen LogP contribution >= 0.6 is 15.9 Å². The Hall–Kier alpha value is -1.33. The number of rotatable bonds is 3. The SMILES string of the molecule is CCc1nc2n(c1CN1CCCC1)CCOc1ccc(Br)cc1-2. The Bertz CT molecular complexity index is 719. The van der Waals surface area contributed by atoms with Crippen LogP contribution in [-0.2, 0) is 19.5 Å². The monoisotopic (exact) mass is 375 g/mol. The Morgan fingerprint density at radius 3 is 2.83 bits per heavy atom. The number of ether oxygens (including phenoxy) is 1. The minimum Gasteiger partial charge on any atom is -0.491 e. The lowest BCUT2D eigenvalue weighted by atomic mass is 10.2.